The molecule has 1 aliphatic rings. The van der Waals surface area contributed by atoms with Crippen molar-refractivity contribution < 1.29 is 4.74 Å². The number of aromatic amines is 1. The Hall–Kier alpha value is -3.15. The van der Waals surface area contributed by atoms with Gasteiger partial charge in [0.25, 0.3) is 0 Å². The minimum absolute atomic E-state index is 0.351. The average molecular weight is 306 g/mol. The second-order valence-corrected chi connectivity index (χ2v) is 5.27. The van der Waals surface area contributed by atoms with Crippen LogP contribution in [0.4, 0.5) is 5.82 Å². The third-order valence-corrected chi connectivity index (χ3v) is 3.88. The van der Waals surface area contributed by atoms with Crippen LogP contribution in [0.25, 0.3) is 22.3 Å². The summed E-state index contributed by atoms with van der Waals surface area (Å²) in [7, 11) is 1.83. The molecule has 6 heteroatoms. The second kappa shape index (κ2) is 5.24. The largest absolute Gasteiger partial charge is 0.472 e. The van der Waals surface area contributed by atoms with Gasteiger partial charge in [-0.2, -0.15) is 4.98 Å². The lowest BCUT2D eigenvalue weighted by Crippen LogP contribution is -2.09. The molecule has 4 rings (SSSR count). The lowest BCUT2D eigenvalue weighted by Gasteiger charge is -2.21. The molecule has 0 fully saturated rings. The van der Waals surface area contributed by atoms with Crippen molar-refractivity contribution in [2.75, 3.05) is 12.4 Å². The Labute approximate surface area is 132 Å². The van der Waals surface area contributed by atoms with Crippen molar-refractivity contribution in [3.63, 3.8) is 0 Å². The van der Waals surface area contributed by atoms with Crippen molar-refractivity contribution in [1.82, 2.24) is 15.0 Å². The first-order chi connectivity index (χ1) is 11.2. The average Bonchev–Trinajstić information content (AvgIpc) is 2.61. The summed E-state index contributed by atoms with van der Waals surface area (Å²) in [5, 5.41) is 3.01. The number of hydrogen-bond donors (Lipinski definition) is 2. The van der Waals surface area contributed by atoms with Gasteiger partial charge in [0.1, 0.15) is 12.4 Å². The highest BCUT2D eigenvalue weighted by molar-refractivity contribution is 5.77. The van der Waals surface area contributed by atoms with E-state index in [4.69, 9.17) is 4.74 Å². The molecule has 6 nitrogen and oxygen atoms in total. The van der Waals surface area contributed by atoms with Crippen LogP contribution >= 0.6 is 0 Å². The van der Waals surface area contributed by atoms with Gasteiger partial charge < -0.3 is 15.0 Å². The predicted octanol–water partition coefficient (Wildman–Crippen LogP) is 2.43. The van der Waals surface area contributed by atoms with Gasteiger partial charge in [-0.1, -0.05) is 12.1 Å². The van der Waals surface area contributed by atoms with Gasteiger partial charge in [0.2, 0.25) is 5.88 Å². The van der Waals surface area contributed by atoms with Gasteiger partial charge >= 0.3 is 5.69 Å². The lowest BCUT2D eigenvalue weighted by atomic mass is 9.95. The zero-order chi connectivity index (χ0) is 15.8. The molecule has 0 radical (unpaired) electrons. The zero-order valence-corrected chi connectivity index (χ0v) is 12.5. The summed E-state index contributed by atoms with van der Waals surface area (Å²) in [6, 6.07) is 10.1. The molecule has 0 spiro atoms. The van der Waals surface area contributed by atoms with Crippen molar-refractivity contribution in [3.05, 3.63) is 58.8 Å². The maximum Gasteiger partial charge on any atom is 0.344 e. The Bertz CT molecular complexity index is 929. The van der Waals surface area contributed by atoms with Crippen LogP contribution in [0.2, 0.25) is 0 Å². The molecule has 0 bridgehead atoms. The number of nitrogens with zero attached hydrogens (tertiary/aromatic N) is 2. The lowest BCUT2D eigenvalue weighted by molar-refractivity contribution is 0.290. The van der Waals surface area contributed by atoms with Crippen molar-refractivity contribution in [2.45, 2.75) is 6.61 Å². The first-order valence-corrected chi connectivity index (χ1v) is 7.24. The van der Waals surface area contributed by atoms with Crippen LogP contribution in [0.15, 0.2) is 47.5 Å². The third kappa shape index (κ3) is 2.34. The monoisotopic (exact) mass is 306 g/mol. The summed E-state index contributed by atoms with van der Waals surface area (Å²) in [6.07, 6.45) is 3.23. The number of benzene rings is 1. The highest BCUT2D eigenvalue weighted by Gasteiger charge is 2.19. The highest BCUT2D eigenvalue weighted by Crippen LogP contribution is 2.38. The topological polar surface area (TPSA) is 79.9 Å². The van der Waals surface area contributed by atoms with Crippen LogP contribution in [-0.4, -0.2) is 22.0 Å². The Morgan fingerprint density at radius 1 is 1.17 bits per heavy atom. The number of hydrogen-bond acceptors (Lipinski definition) is 5. The first kappa shape index (κ1) is 13.5. The molecule has 114 valence electrons. The number of anilines is 1. The molecule has 0 amide bonds. The van der Waals surface area contributed by atoms with Crippen molar-refractivity contribution in [1.29, 1.82) is 0 Å². The number of fused-ring (bicyclic) bond motifs is 3. The van der Waals surface area contributed by atoms with E-state index in [1.165, 1.54) is 0 Å². The molecule has 3 heterocycles. The van der Waals surface area contributed by atoms with E-state index in [2.05, 4.69) is 32.4 Å². The molecule has 0 aliphatic carbocycles. The third-order valence-electron chi connectivity index (χ3n) is 3.88. The van der Waals surface area contributed by atoms with Gasteiger partial charge in [-0.05, 0) is 34.9 Å². The normalized spacial score (nSPS) is 12.0. The van der Waals surface area contributed by atoms with Crippen LogP contribution in [0, 0.1) is 0 Å². The van der Waals surface area contributed by atoms with Gasteiger partial charge in [-0.25, -0.2) is 9.78 Å². The summed E-state index contributed by atoms with van der Waals surface area (Å²) in [5.74, 6) is 1.42. The van der Waals surface area contributed by atoms with E-state index in [-0.39, 0.29) is 5.69 Å². The molecule has 1 aliphatic heterocycles. The SMILES string of the molecule is CNc1ccc2c(n1)OCc1cc(-c3cnc(=O)[nH]c3)ccc1-2. The Morgan fingerprint density at radius 3 is 2.83 bits per heavy atom. The standard InChI is InChI=1S/C17H14N4O2/c1-18-15-5-4-14-13-3-2-10(12-7-19-17(22)20-8-12)6-11(13)9-23-16(14)21-15/h2-8H,9H2,1H3,(H,18,21)(H,19,20,22). The molecule has 3 aromatic rings. The number of ether oxygens (including phenoxy) is 1. The van der Waals surface area contributed by atoms with Crippen LogP contribution in [0.5, 0.6) is 5.88 Å². The molecule has 0 saturated carbocycles. The number of rotatable bonds is 2. The summed E-state index contributed by atoms with van der Waals surface area (Å²) < 4.78 is 5.78. The number of pyridine rings is 1. The van der Waals surface area contributed by atoms with E-state index in [0.29, 0.717) is 12.5 Å². The van der Waals surface area contributed by atoms with E-state index in [0.717, 1.165) is 33.6 Å². The number of H-pyrrole nitrogens is 1. The maximum absolute atomic E-state index is 11.1. The summed E-state index contributed by atoms with van der Waals surface area (Å²) in [6.45, 7) is 0.465. The summed E-state index contributed by atoms with van der Waals surface area (Å²) in [4.78, 5) is 21.9. The fourth-order valence-corrected chi connectivity index (χ4v) is 2.70. The second-order valence-electron chi connectivity index (χ2n) is 5.27. The van der Waals surface area contributed by atoms with Gasteiger partial charge in [0.15, 0.2) is 0 Å². The molecule has 0 saturated heterocycles. The van der Waals surface area contributed by atoms with Crippen LogP contribution in [0.3, 0.4) is 0 Å². The van der Waals surface area contributed by atoms with Crippen LogP contribution in [-0.2, 0) is 6.61 Å². The molecule has 0 unspecified atom stereocenters. The summed E-state index contributed by atoms with van der Waals surface area (Å²) in [5.41, 5.74) is 4.68. The Kier molecular flexibility index (Phi) is 3.08. The molecule has 1 aromatic carbocycles. The van der Waals surface area contributed by atoms with E-state index in [1.807, 2.05) is 25.2 Å². The Balaban J connectivity index is 1.78. The quantitative estimate of drug-likeness (QED) is 0.760. The predicted molar refractivity (Wildman–Crippen MR) is 87.4 cm³/mol. The molecular formula is C17H14N4O2. The molecule has 23 heavy (non-hydrogen) atoms. The number of aromatic nitrogens is 3. The van der Waals surface area contributed by atoms with Crippen molar-refractivity contribution in [2.24, 2.45) is 0 Å². The van der Waals surface area contributed by atoms with Gasteiger partial charge in [0.05, 0.1) is 0 Å². The van der Waals surface area contributed by atoms with E-state index in [1.54, 1.807) is 12.4 Å². The van der Waals surface area contributed by atoms with E-state index in [9.17, 15) is 4.79 Å². The van der Waals surface area contributed by atoms with Crippen LogP contribution < -0.4 is 15.7 Å². The highest BCUT2D eigenvalue weighted by atomic mass is 16.5. The fourth-order valence-electron chi connectivity index (χ4n) is 2.70. The van der Waals surface area contributed by atoms with E-state index < -0.39 is 0 Å². The van der Waals surface area contributed by atoms with Gasteiger partial charge in [0, 0.05) is 30.6 Å². The maximum atomic E-state index is 11.1. The van der Waals surface area contributed by atoms with Crippen molar-refractivity contribution >= 4 is 5.82 Å². The minimum Gasteiger partial charge on any atom is -0.472 e. The fraction of sp³-hybridized carbons (Fsp3) is 0.118. The van der Waals surface area contributed by atoms with Crippen molar-refractivity contribution in [3.8, 4) is 28.1 Å². The smallest absolute Gasteiger partial charge is 0.344 e. The number of nitrogens with one attached hydrogen (secondary N) is 2. The Morgan fingerprint density at radius 2 is 2.04 bits per heavy atom. The van der Waals surface area contributed by atoms with Gasteiger partial charge in [-0.3, -0.25) is 0 Å². The summed E-state index contributed by atoms with van der Waals surface area (Å²) >= 11 is 0. The molecule has 2 N–H and O–H groups in total. The van der Waals surface area contributed by atoms with E-state index >= 15 is 0 Å². The molecular weight excluding hydrogens is 292 g/mol. The molecule has 2 aromatic heterocycles. The van der Waals surface area contributed by atoms with Crippen LogP contribution in [0.1, 0.15) is 5.56 Å². The van der Waals surface area contributed by atoms with Gasteiger partial charge in [-0.15, -0.1) is 0 Å². The first-order valence-electron chi connectivity index (χ1n) is 7.24. The minimum atomic E-state index is -0.351. The zero-order valence-electron chi connectivity index (χ0n) is 12.5. The molecule has 0 atom stereocenters.